The first-order valence-corrected chi connectivity index (χ1v) is 6.78. The average molecular weight is 299 g/mol. The maximum absolute atomic E-state index is 13.4. The van der Waals surface area contributed by atoms with E-state index in [0.29, 0.717) is 13.1 Å². The van der Waals surface area contributed by atoms with Gasteiger partial charge in [0.1, 0.15) is 17.2 Å². The van der Waals surface area contributed by atoms with Crippen LogP contribution in [-0.4, -0.2) is 35.8 Å². The molecule has 2 rings (SSSR count). The maximum atomic E-state index is 13.4. The van der Waals surface area contributed by atoms with Crippen molar-refractivity contribution in [2.24, 2.45) is 0 Å². The van der Waals surface area contributed by atoms with Crippen LogP contribution in [0.5, 0.6) is 0 Å². The van der Waals surface area contributed by atoms with Crippen molar-refractivity contribution < 1.29 is 23.0 Å². The van der Waals surface area contributed by atoms with Crippen molar-refractivity contribution >= 4 is 6.09 Å². The molecule has 0 N–H and O–H groups in total. The Morgan fingerprint density at radius 2 is 1.86 bits per heavy atom. The molecule has 0 aliphatic carbocycles. The Balaban J connectivity index is 1.77. The monoisotopic (exact) mass is 299 g/mol. The lowest BCUT2D eigenvalue weighted by atomic mass is 10.1. The van der Waals surface area contributed by atoms with Crippen molar-refractivity contribution in [3.05, 3.63) is 35.4 Å². The van der Waals surface area contributed by atoms with Crippen LogP contribution in [0.2, 0.25) is 0 Å². The number of rotatable bonds is 3. The van der Waals surface area contributed by atoms with E-state index in [-0.39, 0.29) is 18.3 Å². The van der Waals surface area contributed by atoms with E-state index < -0.39 is 23.3 Å². The molecule has 0 atom stereocenters. The second-order valence-electron chi connectivity index (χ2n) is 6.02. The third-order valence-corrected chi connectivity index (χ3v) is 3.02. The van der Waals surface area contributed by atoms with Crippen molar-refractivity contribution in [3.63, 3.8) is 0 Å². The standard InChI is InChI=1S/C15H19F2NO3/c1-15(2,3)21-14(19)18-7-10(8-18)20-9-11-12(16)5-4-6-13(11)17/h4-6,10H,7-9H2,1-3H3. The van der Waals surface area contributed by atoms with Gasteiger partial charge in [0.15, 0.2) is 0 Å². The van der Waals surface area contributed by atoms with Crippen molar-refractivity contribution in [1.82, 2.24) is 4.90 Å². The van der Waals surface area contributed by atoms with E-state index in [1.165, 1.54) is 23.1 Å². The fraction of sp³-hybridized carbons (Fsp3) is 0.533. The Labute approximate surface area is 122 Å². The van der Waals surface area contributed by atoms with Gasteiger partial charge < -0.3 is 14.4 Å². The fourth-order valence-corrected chi connectivity index (χ4v) is 1.89. The summed E-state index contributed by atoms with van der Waals surface area (Å²) in [4.78, 5) is 13.2. The number of benzene rings is 1. The number of amides is 1. The van der Waals surface area contributed by atoms with E-state index in [1.54, 1.807) is 20.8 Å². The lowest BCUT2D eigenvalue weighted by Gasteiger charge is -2.39. The maximum Gasteiger partial charge on any atom is 0.410 e. The Morgan fingerprint density at radius 3 is 2.38 bits per heavy atom. The Hall–Kier alpha value is -1.69. The van der Waals surface area contributed by atoms with Crippen LogP contribution in [0.15, 0.2) is 18.2 Å². The van der Waals surface area contributed by atoms with E-state index in [0.717, 1.165) is 0 Å². The molecule has 0 unspecified atom stereocenters. The molecule has 0 saturated carbocycles. The predicted octanol–water partition coefficient (Wildman–Crippen LogP) is 3.10. The van der Waals surface area contributed by atoms with Crippen molar-refractivity contribution in [2.75, 3.05) is 13.1 Å². The van der Waals surface area contributed by atoms with E-state index in [2.05, 4.69) is 0 Å². The lowest BCUT2D eigenvalue weighted by Crippen LogP contribution is -2.55. The molecule has 1 aliphatic rings. The van der Waals surface area contributed by atoms with Crippen LogP contribution in [0.25, 0.3) is 0 Å². The van der Waals surface area contributed by atoms with Gasteiger partial charge in [0.2, 0.25) is 0 Å². The zero-order valence-electron chi connectivity index (χ0n) is 12.4. The molecule has 1 fully saturated rings. The molecular formula is C15H19F2NO3. The van der Waals surface area contributed by atoms with Crippen molar-refractivity contribution in [2.45, 2.75) is 39.1 Å². The molecule has 6 heteroatoms. The van der Waals surface area contributed by atoms with Gasteiger partial charge in [0.05, 0.1) is 25.8 Å². The second kappa shape index (κ2) is 5.97. The van der Waals surface area contributed by atoms with E-state index in [1.807, 2.05) is 0 Å². The van der Waals surface area contributed by atoms with Gasteiger partial charge >= 0.3 is 6.09 Å². The number of halogens is 2. The third kappa shape index (κ3) is 4.14. The molecule has 1 aromatic rings. The molecule has 21 heavy (non-hydrogen) atoms. The first-order valence-electron chi connectivity index (χ1n) is 6.78. The highest BCUT2D eigenvalue weighted by atomic mass is 19.1. The largest absolute Gasteiger partial charge is 0.444 e. The number of nitrogens with zero attached hydrogens (tertiary/aromatic N) is 1. The molecule has 0 bridgehead atoms. The Bertz CT molecular complexity index is 502. The topological polar surface area (TPSA) is 38.8 Å². The number of likely N-dealkylation sites (tertiary alicyclic amines) is 1. The minimum atomic E-state index is -0.627. The highest BCUT2D eigenvalue weighted by Crippen LogP contribution is 2.20. The van der Waals surface area contributed by atoms with E-state index >= 15 is 0 Å². The molecule has 1 amide bonds. The Morgan fingerprint density at radius 1 is 1.29 bits per heavy atom. The summed E-state index contributed by atoms with van der Waals surface area (Å²) in [6.45, 7) is 5.96. The van der Waals surface area contributed by atoms with Gasteiger partial charge in [-0.25, -0.2) is 13.6 Å². The minimum Gasteiger partial charge on any atom is -0.444 e. The van der Waals surface area contributed by atoms with Crippen LogP contribution in [0.3, 0.4) is 0 Å². The average Bonchev–Trinajstić information content (AvgIpc) is 2.27. The van der Waals surface area contributed by atoms with Gasteiger partial charge in [-0.3, -0.25) is 0 Å². The number of hydrogen-bond donors (Lipinski definition) is 0. The molecule has 4 nitrogen and oxygen atoms in total. The van der Waals surface area contributed by atoms with Crippen LogP contribution < -0.4 is 0 Å². The van der Waals surface area contributed by atoms with Crippen LogP contribution in [0.4, 0.5) is 13.6 Å². The smallest absolute Gasteiger partial charge is 0.410 e. The molecular weight excluding hydrogens is 280 g/mol. The normalized spacial score (nSPS) is 15.8. The third-order valence-electron chi connectivity index (χ3n) is 3.02. The minimum absolute atomic E-state index is 0.0896. The van der Waals surface area contributed by atoms with Gasteiger partial charge in [-0.05, 0) is 32.9 Å². The van der Waals surface area contributed by atoms with Crippen LogP contribution >= 0.6 is 0 Å². The van der Waals surface area contributed by atoms with Gasteiger partial charge in [0, 0.05) is 5.56 Å². The number of hydrogen-bond acceptors (Lipinski definition) is 3. The summed E-state index contributed by atoms with van der Waals surface area (Å²) < 4.78 is 37.4. The van der Waals surface area contributed by atoms with Crippen molar-refractivity contribution in [1.29, 1.82) is 0 Å². The zero-order chi connectivity index (χ0) is 15.6. The van der Waals surface area contributed by atoms with Crippen LogP contribution in [0.1, 0.15) is 26.3 Å². The van der Waals surface area contributed by atoms with Gasteiger partial charge in [-0.2, -0.15) is 0 Å². The quantitative estimate of drug-likeness (QED) is 0.861. The molecule has 1 aliphatic heterocycles. The summed E-state index contributed by atoms with van der Waals surface area (Å²) in [6, 6.07) is 3.69. The highest BCUT2D eigenvalue weighted by molar-refractivity contribution is 5.69. The molecule has 0 aromatic heterocycles. The van der Waals surface area contributed by atoms with Gasteiger partial charge in [0.25, 0.3) is 0 Å². The summed E-state index contributed by atoms with van der Waals surface area (Å²) in [5, 5.41) is 0. The molecule has 0 radical (unpaired) electrons. The summed E-state index contributed by atoms with van der Waals surface area (Å²) in [6.07, 6.45) is -0.629. The number of ether oxygens (including phenoxy) is 2. The Kier molecular flexibility index (Phi) is 4.46. The fourth-order valence-electron chi connectivity index (χ4n) is 1.89. The van der Waals surface area contributed by atoms with Crippen LogP contribution in [-0.2, 0) is 16.1 Å². The predicted molar refractivity (Wildman–Crippen MR) is 72.7 cm³/mol. The zero-order valence-corrected chi connectivity index (χ0v) is 12.4. The van der Waals surface area contributed by atoms with E-state index in [9.17, 15) is 13.6 Å². The number of carbonyl (C=O) groups excluding carboxylic acids is 1. The molecule has 116 valence electrons. The summed E-state index contributed by atoms with van der Waals surface area (Å²) >= 11 is 0. The SMILES string of the molecule is CC(C)(C)OC(=O)N1CC(OCc2c(F)cccc2F)C1. The summed E-state index contributed by atoms with van der Waals surface area (Å²) in [5.41, 5.74) is -0.632. The highest BCUT2D eigenvalue weighted by Gasteiger charge is 2.34. The molecule has 0 spiro atoms. The van der Waals surface area contributed by atoms with Crippen molar-refractivity contribution in [3.8, 4) is 0 Å². The van der Waals surface area contributed by atoms with Gasteiger partial charge in [-0.15, -0.1) is 0 Å². The number of carbonyl (C=O) groups is 1. The summed E-state index contributed by atoms with van der Waals surface area (Å²) in [5.74, 6) is -1.25. The lowest BCUT2D eigenvalue weighted by molar-refractivity contribution is -0.0701. The second-order valence-corrected chi connectivity index (χ2v) is 6.02. The first kappa shape index (κ1) is 15.7. The van der Waals surface area contributed by atoms with E-state index in [4.69, 9.17) is 9.47 Å². The summed E-state index contributed by atoms with van der Waals surface area (Å²) in [7, 11) is 0. The van der Waals surface area contributed by atoms with Gasteiger partial charge in [-0.1, -0.05) is 6.07 Å². The molecule has 1 saturated heterocycles. The molecule has 1 aromatic carbocycles. The first-order chi connectivity index (χ1) is 9.76. The van der Waals surface area contributed by atoms with Crippen LogP contribution in [0, 0.1) is 11.6 Å². The molecule has 1 heterocycles.